The lowest BCUT2D eigenvalue weighted by atomic mass is 9.91. The highest BCUT2D eigenvalue weighted by molar-refractivity contribution is 6.45. The molecule has 1 fully saturated rings. The molecule has 3 nitrogen and oxygen atoms in total. The smallest absolute Gasteiger partial charge is 0.208 e. The first kappa shape index (κ1) is 11.2. The highest BCUT2D eigenvalue weighted by Crippen LogP contribution is 2.41. The molecular formula is C12H11Cl2NO2. The molecule has 90 valence electrons. The quantitative estimate of drug-likeness (QED) is 0.818. The van der Waals surface area contributed by atoms with E-state index in [1.54, 1.807) is 12.3 Å². The van der Waals surface area contributed by atoms with Crippen molar-refractivity contribution in [2.24, 2.45) is 0 Å². The van der Waals surface area contributed by atoms with E-state index in [1.165, 1.54) is 0 Å². The van der Waals surface area contributed by atoms with E-state index in [9.17, 15) is 5.11 Å². The van der Waals surface area contributed by atoms with Crippen LogP contribution in [-0.4, -0.2) is 15.9 Å². The van der Waals surface area contributed by atoms with E-state index in [1.807, 2.05) is 6.07 Å². The van der Waals surface area contributed by atoms with Gasteiger partial charge in [0.25, 0.3) is 0 Å². The van der Waals surface area contributed by atoms with Crippen LogP contribution in [0.4, 0.5) is 0 Å². The monoisotopic (exact) mass is 271 g/mol. The van der Waals surface area contributed by atoms with E-state index in [-0.39, 0.29) is 0 Å². The van der Waals surface area contributed by atoms with Crippen LogP contribution in [-0.2, 0) is 0 Å². The Bertz CT molecular complexity index is 575. The van der Waals surface area contributed by atoms with Gasteiger partial charge in [-0.2, -0.15) is 0 Å². The molecule has 0 amide bonds. The molecule has 0 bridgehead atoms. The van der Waals surface area contributed by atoms with Crippen LogP contribution in [0.1, 0.15) is 19.3 Å². The van der Waals surface area contributed by atoms with E-state index in [4.69, 9.17) is 27.9 Å². The summed E-state index contributed by atoms with van der Waals surface area (Å²) in [6, 6.07) is 3.51. The fourth-order valence-corrected chi connectivity index (χ4v) is 2.41. The van der Waals surface area contributed by atoms with E-state index < -0.39 is 5.79 Å². The maximum Gasteiger partial charge on any atom is 0.208 e. The van der Waals surface area contributed by atoms with Gasteiger partial charge in [-0.05, 0) is 12.5 Å². The number of halogens is 2. The molecular weight excluding hydrogens is 261 g/mol. The van der Waals surface area contributed by atoms with Crippen molar-refractivity contribution >= 4 is 34.1 Å². The molecule has 0 saturated heterocycles. The molecule has 17 heavy (non-hydrogen) atoms. The van der Waals surface area contributed by atoms with Crippen LogP contribution >= 0.6 is 23.2 Å². The molecule has 1 saturated carbocycles. The van der Waals surface area contributed by atoms with Gasteiger partial charge in [0.15, 0.2) is 0 Å². The maximum atomic E-state index is 10.0. The fraction of sp³-hybridized carbons (Fsp3) is 0.333. The zero-order chi connectivity index (χ0) is 12.0. The predicted molar refractivity (Wildman–Crippen MR) is 67.7 cm³/mol. The van der Waals surface area contributed by atoms with Gasteiger partial charge in [0.2, 0.25) is 5.79 Å². The predicted octanol–water partition coefficient (Wildman–Crippen LogP) is 3.73. The van der Waals surface area contributed by atoms with Gasteiger partial charge in [0, 0.05) is 30.5 Å². The molecule has 0 unspecified atom stereocenters. The summed E-state index contributed by atoms with van der Waals surface area (Å²) in [6.45, 7) is 0. The van der Waals surface area contributed by atoms with Crippen molar-refractivity contribution in [1.82, 2.24) is 4.98 Å². The minimum atomic E-state index is -1.04. The van der Waals surface area contributed by atoms with E-state index in [2.05, 4.69) is 4.98 Å². The molecule has 1 aliphatic carbocycles. The van der Waals surface area contributed by atoms with Gasteiger partial charge >= 0.3 is 0 Å². The van der Waals surface area contributed by atoms with Crippen molar-refractivity contribution in [3.63, 3.8) is 0 Å². The Kier molecular flexibility index (Phi) is 2.51. The summed E-state index contributed by atoms with van der Waals surface area (Å²) in [5.41, 5.74) is 0.733. The number of ether oxygens (including phenoxy) is 1. The lowest BCUT2D eigenvalue weighted by Gasteiger charge is -2.36. The third-order valence-corrected chi connectivity index (χ3v) is 3.92. The summed E-state index contributed by atoms with van der Waals surface area (Å²) in [6.07, 6.45) is 4.05. The van der Waals surface area contributed by atoms with Gasteiger partial charge in [0.05, 0.1) is 15.6 Å². The lowest BCUT2D eigenvalue weighted by molar-refractivity contribution is -0.188. The fourth-order valence-electron chi connectivity index (χ4n) is 2.00. The van der Waals surface area contributed by atoms with Crippen LogP contribution in [0.15, 0.2) is 18.3 Å². The molecule has 3 rings (SSSR count). The number of aliphatic hydroxyl groups is 1. The molecule has 1 aromatic heterocycles. The standard InChI is InChI=1S/C12H11Cl2NO2/c13-8-6-9(17-12(16)3-1-4-12)7-2-5-15-11(7)10(8)14/h2,5-6,15-16H,1,3-4H2. The van der Waals surface area contributed by atoms with Crippen molar-refractivity contribution < 1.29 is 9.84 Å². The molecule has 0 radical (unpaired) electrons. The molecule has 0 atom stereocenters. The zero-order valence-electron chi connectivity index (χ0n) is 8.96. The SMILES string of the molecule is OC1(Oc2cc(Cl)c(Cl)c3[nH]ccc23)CCC1. The molecule has 1 aromatic carbocycles. The van der Waals surface area contributed by atoms with E-state index in [0.717, 1.165) is 17.3 Å². The summed E-state index contributed by atoms with van der Waals surface area (Å²) in [5.74, 6) is -0.473. The zero-order valence-corrected chi connectivity index (χ0v) is 10.5. The number of aromatic nitrogens is 1. The van der Waals surface area contributed by atoms with Crippen LogP contribution in [0.25, 0.3) is 10.9 Å². The average molecular weight is 272 g/mol. The molecule has 1 aliphatic rings. The summed E-state index contributed by atoms with van der Waals surface area (Å²) in [4.78, 5) is 3.01. The van der Waals surface area contributed by atoms with Crippen molar-refractivity contribution in [1.29, 1.82) is 0 Å². The Morgan fingerprint density at radius 3 is 2.76 bits per heavy atom. The molecule has 2 aromatic rings. The highest BCUT2D eigenvalue weighted by atomic mass is 35.5. The van der Waals surface area contributed by atoms with Gasteiger partial charge < -0.3 is 14.8 Å². The van der Waals surface area contributed by atoms with Gasteiger partial charge in [-0.3, -0.25) is 0 Å². The first-order chi connectivity index (χ1) is 8.09. The molecule has 0 spiro atoms. The summed E-state index contributed by atoms with van der Waals surface area (Å²) < 4.78 is 5.64. The Morgan fingerprint density at radius 2 is 2.12 bits per heavy atom. The van der Waals surface area contributed by atoms with Gasteiger partial charge in [0.1, 0.15) is 5.75 Å². The number of H-pyrrole nitrogens is 1. The van der Waals surface area contributed by atoms with Crippen molar-refractivity contribution in [2.45, 2.75) is 25.0 Å². The minimum Gasteiger partial charge on any atom is -0.462 e. The largest absolute Gasteiger partial charge is 0.462 e. The van der Waals surface area contributed by atoms with Gasteiger partial charge in [-0.15, -0.1) is 0 Å². The number of fused-ring (bicyclic) bond motifs is 1. The number of hydrogen-bond acceptors (Lipinski definition) is 2. The Hall–Kier alpha value is -0.900. The molecule has 1 heterocycles. The Balaban J connectivity index is 2.09. The second-order valence-electron chi connectivity index (χ2n) is 4.34. The van der Waals surface area contributed by atoms with Crippen molar-refractivity contribution in [2.75, 3.05) is 0 Å². The number of hydrogen-bond donors (Lipinski definition) is 2. The van der Waals surface area contributed by atoms with Crippen molar-refractivity contribution in [3.8, 4) is 5.75 Å². The second kappa shape index (κ2) is 3.80. The van der Waals surface area contributed by atoms with E-state index >= 15 is 0 Å². The first-order valence-electron chi connectivity index (χ1n) is 5.45. The molecule has 5 heteroatoms. The van der Waals surface area contributed by atoms with Gasteiger partial charge in [-0.1, -0.05) is 23.2 Å². The maximum absolute atomic E-state index is 10.0. The number of benzene rings is 1. The summed E-state index contributed by atoms with van der Waals surface area (Å²) in [5, 5.41) is 11.7. The highest BCUT2D eigenvalue weighted by Gasteiger charge is 2.37. The number of nitrogens with one attached hydrogen (secondary N) is 1. The lowest BCUT2D eigenvalue weighted by Crippen LogP contribution is -2.42. The Labute approximate surface area is 108 Å². The van der Waals surface area contributed by atoms with Crippen molar-refractivity contribution in [3.05, 3.63) is 28.4 Å². The van der Waals surface area contributed by atoms with E-state index in [0.29, 0.717) is 28.6 Å². The molecule has 0 aliphatic heterocycles. The topological polar surface area (TPSA) is 45.2 Å². The first-order valence-corrected chi connectivity index (χ1v) is 6.21. The summed E-state index contributed by atoms with van der Waals surface area (Å²) in [7, 11) is 0. The van der Waals surface area contributed by atoms with Crippen LogP contribution in [0.3, 0.4) is 0 Å². The van der Waals surface area contributed by atoms with Crippen LogP contribution in [0.5, 0.6) is 5.75 Å². The van der Waals surface area contributed by atoms with Gasteiger partial charge in [-0.25, -0.2) is 0 Å². The normalized spacial score (nSPS) is 18.1. The van der Waals surface area contributed by atoms with Crippen LogP contribution in [0, 0.1) is 0 Å². The third kappa shape index (κ3) is 1.79. The Morgan fingerprint density at radius 1 is 1.35 bits per heavy atom. The second-order valence-corrected chi connectivity index (χ2v) is 5.12. The molecule has 2 N–H and O–H groups in total. The number of rotatable bonds is 2. The number of aromatic amines is 1. The minimum absolute atomic E-state index is 0.416. The van der Waals surface area contributed by atoms with Crippen LogP contribution < -0.4 is 4.74 Å². The summed E-state index contributed by atoms with van der Waals surface area (Å²) >= 11 is 12.1. The van der Waals surface area contributed by atoms with Crippen LogP contribution in [0.2, 0.25) is 10.0 Å². The third-order valence-electron chi connectivity index (χ3n) is 3.13. The average Bonchev–Trinajstić information content (AvgIpc) is 2.72.